The van der Waals surface area contributed by atoms with E-state index in [1.807, 2.05) is 11.9 Å². The van der Waals surface area contributed by atoms with Crippen LogP contribution >= 0.6 is 0 Å². The van der Waals surface area contributed by atoms with Crippen LogP contribution in [0.25, 0.3) is 0 Å². The molecule has 12 heavy (non-hydrogen) atoms. The summed E-state index contributed by atoms with van der Waals surface area (Å²) in [5.74, 6) is -0.269. The summed E-state index contributed by atoms with van der Waals surface area (Å²) in [4.78, 5) is 13.3. The van der Waals surface area contributed by atoms with E-state index >= 15 is 0 Å². The van der Waals surface area contributed by atoms with Gasteiger partial charge in [-0.05, 0) is 20.9 Å². The summed E-state index contributed by atoms with van der Waals surface area (Å²) in [7, 11) is 1.91. The van der Waals surface area contributed by atoms with Crippen molar-refractivity contribution in [3.63, 3.8) is 0 Å². The molecule has 0 aliphatic carbocycles. The van der Waals surface area contributed by atoms with Gasteiger partial charge >= 0.3 is 5.97 Å². The molecule has 0 saturated carbocycles. The van der Waals surface area contributed by atoms with Crippen molar-refractivity contribution in [1.29, 1.82) is 0 Å². The molecule has 1 aliphatic heterocycles. The third-order valence-corrected chi connectivity index (χ3v) is 1.88. The number of esters is 1. The topological polar surface area (TPSA) is 38.8 Å². The van der Waals surface area contributed by atoms with Gasteiger partial charge in [-0.15, -0.1) is 0 Å². The fourth-order valence-electron chi connectivity index (χ4n) is 1.27. The Hall–Kier alpha value is -0.610. The lowest BCUT2D eigenvalue weighted by Gasteiger charge is -2.19. The zero-order chi connectivity index (χ0) is 9.19. The van der Waals surface area contributed by atoms with Crippen molar-refractivity contribution in [3.05, 3.63) is 0 Å². The van der Waals surface area contributed by atoms with Crippen LogP contribution in [-0.2, 0) is 14.3 Å². The van der Waals surface area contributed by atoms with E-state index in [2.05, 4.69) is 0 Å². The first-order chi connectivity index (χ1) is 5.58. The lowest BCUT2D eigenvalue weighted by atomic mass is 10.1. The van der Waals surface area contributed by atoms with Crippen molar-refractivity contribution in [3.8, 4) is 0 Å². The molecule has 0 radical (unpaired) electrons. The molecule has 4 heteroatoms. The highest BCUT2D eigenvalue weighted by atomic mass is 16.6. The first kappa shape index (κ1) is 9.48. The van der Waals surface area contributed by atoms with E-state index < -0.39 is 5.60 Å². The van der Waals surface area contributed by atoms with Gasteiger partial charge in [0.2, 0.25) is 0 Å². The second-order valence-electron chi connectivity index (χ2n) is 3.24. The second kappa shape index (κ2) is 3.41. The van der Waals surface area contributed by atoms with E-state index in [9.17, 15) is 4.79 Å². The first-order valence-electron chi connectivity index (χ1n) is 4.08. The average Bonchev–Trinajstić information content (AvgIpc) is 2.33. The fourth-order valence-corrected chi connectivity index (χ4v) is 1.27. The van der Waals surface area contributed by atoms with E-state index in [1.54, 1.807) is 13.8 Å². The van der Waals surface area contributed by atoms with Crippen LogP contribution in [0.4, 0.5) is 0 Å². The Morgan fingerprint density at radius 2 is 2.42 bits per heavy atom. The number of hydrogen-bond acceptors (Lipinski definition) is 4. The van der Waals surface area contributed by atoms with Crippen molar-refractivity contribution in [2.24, 2.45) is 0 Å². The Morgan fingerprint density at radius 1 is 1.75 bits per heavy atom. The molecule has 1 atom stereocenters. The Kier molecular flexibility index (Phi) is 2.69. The van der Waals surface area contributed by atoms with Gasteiger partial charge in [-0.2, -0.15) is 0 Å². The molecule has 4 nitrogen and oxygen atoms in total. The minimum absolute atomic E-state index is 0.269. The molecular formula is C8H15NO3. The summed E-state index contributed by atoms with van der Waals surface area (Å²) >= 11 is 0. The van der Waals surface area contributed by atoms with E-state index in [0.29, 0.717) is 19.9 Å². The number of nitrogens with zero attached hydrogens (tertiary/aromatic N) is 1. The summed E-state index contributed by atoms with van der Waals surface area (Å²) in [6.45, 7) is 5.05. The van der Waals surface area contributed by atoms with Crippen molar-refractivity contribution >= 4 is 5.97 Å². The predicted molar refractivity (Wildman–Crippen MR) is 43.6 cm³/mol. The quantitative estimate of drug-likeness (QED) is 0.560. The molecule has 0 spiro atoms. The summed E-state index contributed by atoms with van der Waals surface area (Å²) < 4.78 is 10.2. The molecule has 1 aliphatic rings. The molecule has 0 aromatic rings. The van der Waals surface area contributed by atoms with Crippen LogP contribution in [-0.4, -0.2) is 43.4 Å². The number of hydrogen-bond donors (Lipinski definition) is 0. The van der Waals surface area contributed by atoms with E-state index in [1.165, 1.54) is 0 Å². The Morgan fingerprint density at radius 3 is 2.83 bits per heavy atom. The van der Waals surface area contributed by atoms with Crippen LogP contribution in [0, 0.1) is 0 Å². The minimum atomic E-state index is -0.759. The van der Waals surface area contributed by atoms with Gasteiger partial charge < -0.3 is 9.47 Å². The number of carbonyl (C=O) groups excluding carboxylic acids is 1. The lowest BCUT2D eigenvalue weighted by Crippen LogP contribution is -2.40. The van der Waals surface area contributed by atoms with Crippen molar-refractivity contribution < 1.29 is 14.3 Å². The summed E-state index contributed by atoms with van der Waals surface area (Å²) in [5.41, 5.74) is -0.759. The zero-order valence-corrected chi connectivity index (χ0v) is 7.79. The zero-order valence-electron chi connectivity index (χ0n) is 7.79. The second-order valence-corrected chi connectivity index (χ2v) is 3.24. The van der Waals surface area contributed by atoms with Gasteiger partial charge in [0.25, 0.3) is 0 Å². The van der Waals surface area contributed by atoms with Crippen molar-refractivity contribution in [2.45, 2.75) is 19.4 Å². The first-order valence-corrected chi connectivity index (χ1v) is 4.08. The monoisotopic (exact) mass is 173 g/mol. The third kappa shape index (κ3) is 1.76. The minimum Gasteiger partial charge on any atom is -0.464 e. The summed E-state index contributed by atoms with van der Waals surface area (Å²) in [6.07, 6.45) is 0. The Bertz CT molecular complexity index is 183. The highest BCUT2D eigenvalue weighted by Gasteiger charge is 2.41. The van der Waals surface area contributed by atoms with E-state index in [4.69, 9.17) is 9.47 Å². The predicted octanol–water partition coefficient (Wildman–Crippen LogP) is 0.228. The van der Waals surface area contributed by atoms with E-state index in [0.717, 1.165) is 0 Å². The molecule has 1 rings (SSSR count). The number of rotatable bonds is 2. The van der Waals surface area contributed by atoms with Crippen LogP contribution in [0.2, 0.25) is 0 Å². The highest BCUT2D eigenvalue weighted by Crippen LogP contribution is 2.20. The normalized spacial score (nSPS) is 30.6. The molecular weight excluding hydrogens is 158 g/mol. The molecule has 70 valence electrons. The number of likely N-dealkylation sites (N-methyl/N-ethyl adjacent to an activating group) is 1. The van der Waals surface area contributed by atoms with Gasteiger partial charge in [-0.25, -0.2) is 4.79 Å². The van der Waals surface area contributed by atoms with Crippen LogP contribution in [0.1, 0.15) is 13.8 Å². The molecule has 0 N–H and O–H groups in total. The van der Waals surface area contributed by atoms with E-state index in [-0.39, 0.29) is 5.97 Å². The maximum absolute atomic E-state index is 11.3. The SMILES string of the molecule is CCOC(=O)[C@]1(C)CN(C)CO1. The fraction of sp³-hybridized carbons (Fsp3) is 0.875. The van der Waals surface area contributed by atoms with Gasteiger partial charge in [0.05, 0.1) is 6.61 Å². The van der Waals surface area contributed by atoms with Crippen LogP contribution in [0.5, 0.6) is 0 Å². The summed E-state index contributed by atoms with van der Waals surface area (Å²) in [6, 6.07) is 0. The number of carbonyl (C=O) groups is 1. The van der Waals surface area contributed by atoms with Crippen LogP contribution in [0.15, 0.2) is 0 Å². The smallest absolute Gasteiger partial charge is 0.339 e. The van der Waals surface area contributed by atoms with Gasteiger partial charge in [0.15, 0.2) is 5.60 Å². The molecule has 1 heterocycles. The summed E-state index contributed by atoms with van der Waals surface area (Å²) in [5, 5.41) is 0. The molecule has 0 bridgehead atoms. The van der Waals surface area contributed by atoms with Gasteiger partial charge in [-0.1, -0.05) is 0 Å². The largest absolute Gasteiger partial charge is 0.464 e. The van der Waals surface area contributed by atoms with Crippen molar-refractivity contribution in [1.82, 2.24) is 4.90 Å². The molecule has 0 amide bonds. The maximum atomic E-state index is 11.3. The molecule has 0 aromatic carbocycles. The van der Waals surface area contributed by atoms with Crippen LogP contribution in [0.3, 0.4) is 0 Å². The molecule has 0 aromatic heterocycles. The van der Waals surface area contributed by atoms with Crippen molar-refractivity contribution in [2.75, 3.05) is 26.9 Å². The molecule has 1 fully saturated rings. The van der Waals surface area contributed by atoms with Crippen LogP contribution < -0.4 is 0 Å². The Balaban J connectivity index is 2.54. The third-order valence-electron chi connectivity index (χ3n) is 1.88. The highest BCUT2D eigenvalue weighted by molar-refractivity contribution is 5.79. The Labute approximate surface area is 72.4 Å². The van der Waals surface area contributed by atoms with Gasteiger partial charge in [-0.3, -0.25) is 4.90 Å². The number of ether oxygens (including phenoxy) is 2. The standard InChI is InChI=1S/C8H15NO3/c1-4-11-7(10)8(2)5-9(3)6-12-8/h4-6H2,1-3H3/t8-/m0/s1. The van der Waals surface area contributed by atoms with Gasteiger partial charge in [0.1, 0.15) is 6.73 Å². The molecule has 1 saturated heterocycles. The lowest BCUT2D eigenvalue weighted by molar-refractivity contribution is -0.163. The van der Waals surface area contributed by atoms with Gasteiger partial charge in [0, 0.05) is 6.54 Å². The maximum Gasteiger partial charge on any atom is 0.339 e. The molecule has 0 unspecified atom stereocenters. The average molecular weight is 173 g/mol.